The van der Waals surface area contributed by atoms with E-state index in [1.165, 1.54) is 61.3 Å². The highest BCUT2D eigenvalue weighted by molar-refractivity contribution is 8.55. The van der Waals surface area contributed by atoms with Gasteiger partial charge in [0.05, 0.1) is 20.8 Å². The summed E-state index contributed by atoms with van der Waals surface area (Å²) < 4.78 is 47.4. The number of aryl methyl sites for hydroxylation is 1. The van der Waals surface area contributed by atoms with Crippen LogP contribution in [0.5, 0.6) is 11.5 Å². The maximum absolute atomic E-state index is 14.6. The van der Waals surface area contributed by atoms with Gasteiger partial charge < -0.3 is 23.8 Å². The monoisotopic (exact) mass is 1010 g/mol. The summed E-state index contributed by atoms with van der Waals surface area (Å²) in [4.78, 5) is 40.2. The number of methoxy groups -OCH3 is 2. The van der Waals surface area contributed by atoms with Crippen LogP contribution in [0, 0.1) is 53.3 Å². The molecular formula is C58H77N2O9PS. The Hall–Kier alpha value is -3.90. The minimum Gasteiger partial charge on any atom is -0.497 e. The van der Waals surface area contributed by atoms with E-state index in [1.807, 2.05) is 78.9 Å². The van der Waals surface area contributed by atoms with Crippen LogP contribution in [0.3, 0.4) is 0 Å². The molecule has 13 heteroatoms. The molecule has 1 aliphatic heterocycles. The first-order chi connectivity index (χ1) is 34.0. The van der Waals surface area contributed by atoms with E-state index < -0.39 is 42.1 Å². The summed E-state index contributed by atoms with van der Waals surface area (Å²) in [6.07, 6.45) is 14.3. The van der Waals surface area contributed by atoms with Gasteiger partial charge in [0.25, 0.3) is 5.56 Å². The van der Waals surface area contributed by atoms with Gasteiger partial charge in [0.1, 0.15) is 35.5 Å². The van der Waals surface area contributed by atoms with Crippen molar-refractivity contribution in [1.29, 1.82) is 0 Å². The molecule has 384 valence electrons. The predicted octanol–water partition coefficient (Wildman–Crippen LogP) is 12.8. The van der Waals surface area contributed by atoms with Crippen molar-refractivity contribution in [3.8, 4) is 11.5 Å². The van der Waals surface area contributed by atoms with Crippen LogP contribution in [-0.4, -0.2) is 52.7 Å². The molecule has 2 heterocycles. The molecule has 4 aliphatic carbocycles. The number of hydrogen-bond donors (Lipinski definition) is 2. The summed E-state index contributed by atoms with van der Waals surface area (Å²) in [5.74, 6) is 5.83. The standard InChI is InChI=1S/C58H77N2O9PS/c1-37(2)13-12-14-38(3)48-27-28-49-47-26-21-43-33-46(29-31-56(43,5)50(47)30-32-57(48,49)6)71-70(63,64)69-51-34-53(60-35-39(4)54(61)59-55(60)62)68-52(51)36-67-58(40-15-10-9-11-16-40,41-17-22-44(65-7)23-18-41)42-19-24-45(66-8)25-20-42/h9-11,15-25,35,37-38,46-53H,12-14,26-34,36H2,1-8H3,(H,63,64)(H,59,61,62)/t38-,46+,47+,48-,49+,50+,51+,52-,53-,56+,57-/m1/s1. The van der Waals surface area contributed by atoms with Crippen LogP contribution in [0.4, 0.5) is 0 Å². The van der Waals surface area contributed by atoms with Crippen molar-refractivity contribution in [1.82, 2.24) is 9.55 Å². The molecule has 2 N–H and O–H groups in total. The lowest BCUT2D eigenvalue weighted by atomic mass is 9.47. The number of ether oxygens (including phenoxy) is 4. The topological polar surface area (TPSA) is 138 Å². The minimum absolute atomic E-state index is 0.0720. The third-order valence-corrected chi connectivity index (χ3v) is 21.5. The maximum atomic E-state index is 14.6. The van der Waals surface area contributed by atoms with Crippen molar-refractivity contribution in [2.75, 3.05) is 20.8 Å². The third kappa shape index (κ3) is 10.3. The molecule has 0 radical (unpaired) electrons. The fraction of sp³-hybridized carbons (Fsp3) is 0.586. The maximum Gasteiger partial charge on any atom is 0.387 e. The molecule has 5 aliphatic rings. The third-order valence-electron chi connectivity index (χ3n) is 18.1. The van der Waals surface area contributed by atoms with Crippen LogP contribution in [0.1, 0.15) is 140 Å². The quantitative estimate of drug-likeness (QED) is 0.0563. The Morgan fingerprint density at radius 3 is 2.18 bits per heavy atom. The Morgan fingerprint density at radius 2 is 1.54 bits per heavy atom. The number of allylic oxidation sites excluding steroid dienone is 2. The van der Waals surface area contributed by atoms with Crippen molar-refractivity contribution in [2.45, 2.75) is 148 Å². The Kier molecular flexibility index (Phi) is 15.5. The molecule has 12 atom stereocenters. The molecule has 0 spiro atoms. The zero-order valence-electron chi connectivity index (χ0n) is 43.1. The first-order valence-electron chi connectivity index (χ1n) is 26.3. The molecule has 0 amide bonds. The second-order valence-corrected chi connectivity index (χ2v) is 26.6. The number of nitrogens with zero attached hydrogens (tertiary/aromatic N) is 1. The van der Waals surface area contributed by atoms with Gasteiger partial charge in [-0.25, -0.2) is 9.36 Å². The zero-order valence-corrected chi connectivity index (χ0v) is 44.9. The fourth-order valence-electron chi connectivity index (χ4n) is 14.3. The Labute approximate surface area is 425 Å². The lowest BCUT2D eigenvalue weighted by Gasteiger charge is -2.58. The van der Waals surface area contributed by atoms with Gasteiger partial charge in [-0.3, -0.25) is 18.9 Å². The molecule has 9 rings (SSSR count). The van der Waals surface area contributed by atoms with Gasteiger partial charge in [-0.15, -0.1) is 0 Å². The van der Waals surface area contributed by atoms with E-state index in [-0.39, 0.29) is 23.7 Å². The first-order valence-corrected chi connectivity index (χ1v) is 29.4. The number of H-pyrrole nitrogens is 1. The predicted molar refractivity (Wildman–Crippen MR) is 282 cm³/mol. The number of aromatic nitrogens is 2. The van der Waals surface area contributed by atoms with Crippen molar-refractivity contribution in [3.05, 3.63) is 140 Å². The SMILES string of the molecule is COc1ccc(C(OC[C@H]2O[C@@H](n3cc(C)c(=O)[nH]c3=O)C[C@@H]2OP(=O)(O)S[C@H]2CC[C@@]3(C)C(=CC[C@H]4[C@@H]5CC[C@H]([C@H](C)CCCC(C)C)[C@@]5(C)CC[C@@H]43)C2)(c2ccccc2)c2ccc(OC)cc2)cc1. The van der Waals surface area contributed by atoms with Crippen molar-refractivity contribution < 1.29 is 32.9 Å². The summed E-state index contributed by atoms with van der Waals surface area (Å²) in [5.41, 5.74) is 2.42. The Balaban J connectivity index is 0.953. The second-order valence-electron chi connectivity index (χ2n) is 22.5. The summed E-state index contributed by atoms with van der Waals surface area (Å²) in [7, 11) is 3.25. The normalized spacial score (nSPS) is 30.7. The van der Waals surface area contributed by atoms with E-state index in [1.54, 1.807) is 21.1 Å². The lowest BCUT2D eigenvalue weighted by molar-refractivity contribution is -0.0919. The average molecular weight is 1010 g/mol. The van der Waals surface area contributed by atoms with Gasteiger partial charge in [-0.05, 0) is 157 Å². The van der Waals surface area contributed by atoms with E-state index in [4.69, 9.17) is 23.5 Å². The van der Waals surface area contributed by atoms with E-state index in [9.17, 15) is 19.0 Å². The highest BCUT2D eigenvalue weighted by Gasteiger charge is 2.59. The number of nitrogens with one attached hydrogen (secondary N) is 1. The molecule has 4 fully saturated rings. The van der Waals surface area contributed by atoms with E-state index in [0.29, 0.717) is 34.3 Å². The minimum atomic E-state index is -4.32. The highest BCUT2D eigenvalue weighted by Crippen LogP contribution is 2.69. The van der Waals surface area contributed by atoms with Crippen LogP contribution < -0.4 is 20.7 Å². The molecule has 1 saturated heterocycles. The van der Waals surface area contributed by atoms with Crippen molar-refractivity contribution in [3.63, 3.8) is 0 Å². The van der Waals surface area contributed by atoms with Crippen molar-refractivity contribution in [2.24, 2.45) is 46.3 Å². The van der Waals surface area contributed by atoms with Gasteiger partial charge in [0, 0.05) is 23.4 Å². The number of rotatable bonds is 18. The van der Waals surface area contributed by atoms with Gasteiger partial charge >= 0.3 is 12.5 Å². The molecule has 4 aromatic rings. The van der Waals surface area contributed by atoms with Crippen LogP contribution in [0.15, 0.2) is 106 Å². The molecule has 0 bridgehead atoms. The van der Waals surface area contributed by atoms with Crippen LogP contribution in [0.25, 0.3) is 0 Å². The van der Waals surface area contributed by atoms with E-state index in [0.717, 1.165) is 77.4 Å². The molecule has 3 aromatic carbocycles. The number of fused-ring (bicyclic) bond motifs is 5. The largest absolute Gasteiger partial charge is 0.497 e. The first kappa shape index (κ1) is 52.0. The zero-order chi connectivity index (χ0) is 50.3. The summed E-state index contributed by atoms with van der Waals surface area (Å²) >= 11 is 1.06. The van der Waals surface area contributed by atoms with Gasteiger partial charge in [-0.2, -0.15) is 0 Å². The number of benzene rings is 3. The average Bonchev–Trinajstić information content (AvgIpc) is 3.93. The molecule has 1 aromatic heterocycles. The van der Waals surface area contributed by atoms with Gasteiger partial charge in [-0.1, -0.05) is 120 Å². The van der Waals surface area contributed by atoms with Crippen LogP contribution >= 0.6 is 18.2 Å². The smallest absolute Gasteiger partial charge is 0.387 e. The van der Waals surface area contributed by atoms with E-state index in [2.05, 4.69) is 45.7 Å². The number of aromatic amines is 1. The summed E-state index contributed by atoms with van der Waals surface area (Å²) in [6.45, 7) is 9.59. The highest BCUT2D eigenvalue weighted by atomic mass is 32.7. The fourth-order valence-corrected chi connectivity index (χ4v) is 18.0. The Morgan fingerprint density at radius 1 is 0.873 bits per heavy atom. The second kappa shape index (κ2) is 21.1. The molecule has 71 heavy (non-hydrogen) atoms. The van der Waals surface area contributed by atoms with Gasteiger partial charge in [0.2, 0.25) is 0 Å². The molecule has 1 unspecified atom stereocenters. The molecule has 3 saturated carbocycles. The van der Waals surface area contributed by atoms with Crippen molar-refractivity contribution >= 4 is 18.2 Å². The van der Waals surface area contributed by atoms with E-state index >= 15 is 0 Å². The molecular weight excluding hydrogens is 932 g/mol. The Bertz CT molecular complexity index is 2620. The summed E-state index contributed by atoms with van der Waals surface area (Å²) in [6, 6.07) is 25.3. The number of hydrogen-bond acceptors (Lipinski definition) is 9. The summed E-state index contributed by atoms with van der Waals surface area (Å²) in [5, 5.41) is -0.0914. The van der Waals surface area contributed by atoms with Gasteiger partial charge in [0.15, 0.2) is 0 Å². The van der Waals surface area contributed by atoms with Crippen LogP contribution in [-0.2, 0) is 24.2 Å². The van der Waals surface area contributed by atoms with Crippen LogP contribution in [0.2, 0.25) is 0 Å². The molecule has 11 nitrogen and oxygen atoms in total. The lowest BCUT2D eigenvalue weighted by Crippen LogP contribution is -2.50.